The highest BCUT2D eigenvalue weighted by Crippen LogP contribution is 2.37. The normalized spacial score (nSPS) is 25.9. The van der Waals surface area contributed by atoms with Crippen LogP contribution in [0.15, 0.2) is 30.3 Å². The monoisotopic (exact) mass is 256 g/mol. The summed E-state index contributed by atoms with van der Waals surface area (Å²) < 4.78 is 36.0. The molecule has 0 bridgehead atoms. The van der Waals surface area contributed by atoms with Gasteiger partial charge in [0, 0.05) is 0 Å². The van der Waals surface area contributed by atoms with E-state index >= 15 is 0 Å². The van der Waals surface area contributed by atoms with Crippen molar-refractivity contribution in [1.29, 1.82) is 0 Å². The van der Waals surface area contributed by atoms with Gasteiger partial charge in [-0.1, -0.05) is 30.3 Å². The van der Waals surface area contributed by atoms with E-state index in [1.165, 1.54) is 6.92 Å². The molecule has 0 N–H and O–H groups in total. The summed E-state index contributed by atoms with van der Waals surface area (Å²) in [6, 6.07) is 9.04. The fraction of sp³-hybridized carbons (Fsp3) is 0.462. The number of carbonyl (C=O) groups is 1. The van der Waals surface area contributed by atoms with Gasteiger partial charge < -0.3 is 9.47 Å². The summed E-state index contributed by atoms with van der Waals surface area (Å²) >= 11 is 0. The van der Waals surface area contributed by atoms with Gasteiger partial charge in [-0.05, 0) is 12.5 Å². The van der Waals surface area contributed by atoms with Crippen LogP contribution in [-0.4, -0.2) is 24.1 Å². The second kappa shape index (κ2) is 4.65. The standard InChI is InChI=1S/C13H14F2O3/c1-12(8-13(14,15)9-18-12)11(16)17-7-10-5-3-2-4-6-10/h2-6H,7-9H2,1H3/t12-/m0/s1. The molecule has 3 nitrogen and oxygen atoms in total. The van der Waals surface area contributed by atoms with E-state index in [4.69, 9.17) is 9.47 Å². The van der Waals surface area contributed by atoms with E-state index in [0.717, 1.165) is 5.56 Å². The number of hydrogen-bond acceptors (Lipinski definition) is 3. The zero-order valence-electron chi connectivity index (χ0n) is 9.99. The first-order chi connectivity index (χ1) is 8.41. The third-order valence-corrected chi connectivity index (χ3v) is 2.84. The van der Waals surface area contributed by atoms with E-state index in [1.54, 1.807) is 12.1 Å². The third-order valence-electron chi connectivity index (χ3n) is 2.84. The van der Waals surface area contributed by atoms with E-state index in [2.05, 4.69) is 0 Å². The summed E-state index contributed by atoms with van der Waals surface area (Å²) in [6.45, 7) is 0.662. The number of hydrogen-bond donors (Lipinski definition) is 0. The molecule has 1 fully saturated rings. The average molecular weight is 256 g/mol. The molecular weight excluding hydrogens is 242 g/mol. The van der Waals surface area contributed by atoms with E-state index < -0.39 is 30.5 Å². The van der Waals surface area contributed by atoms with Crippen LogP contribution in [0.5, 0.6) is 0 Å². The van der Waals surface area contributed by atoms with Crippen LogP contribution in [0.4, 0.5) is 8.78 Å². The molecule has 0 amide bonds. The van der Waals surface area contributed by atoms with Crippen LogP contribution >= 0.6 is 0 Å². The molecule has 0 aromatic heterocycles. The molecule has 1 aromatic rings. The Labute approximate surface area is 104 Å². The van der Waals surface area contributed by atoms with Gasteiger partial charge in [0.15, 0.2) is 5.60 Å². The molecule has 1 saturated heterocycles. The molecular formula is C13H14F2O3. The molecule has 0 spiro atoms. The van der Waals surface area contributed by atoms with Crippen molar-refractivity contribution in [3.8, 4) is 0 Å². The van der Waals surface area contributed by atoms with E-state index in [1.807, 2.05) is 18.2 Å². The Bertz CT molecular complexity index is 433. The molecule has 0 aliphatic carbocycles. The van der Waals surface area contributed by atoms with E-state index in [9.17, 15) is 13.6 Å². The minimum absolute atomic E-state index is 0.0597. The smallest absolute Gasteiger partial charge is 0.338 e. The molecule has 0 unspecified atom stereocenters. The Hall–Kier alpha value is -1.49. The first-order valence-corrected chi connectivity index (χ1v) is 5.64. The van der Waals surface area contributed by atoms with Crippen LogP contribution in [0.1, 0.15) is 18.9 Å². The van der Waals surface area contributed by atoms with Crippen molar-refractivity contribution in [3.05, 3.63) is 35.9 Å². The van der Waals surface area contributed by atoms with Gasteiger partial charge in [-0.25, -0.2) is 13.6 Å². The quantitative estimate of drug-likeness (QED) is 0.780. The molecule has 1 aromatic carbocycles. The molecule has 0 saturated carbocycles. The summed E-state index contributed by atoms with van der Waals surface area (Å²) in [5.74, 6) is -3.70. The summed E-state index contributed by atoms with van der Waals surface area (Å²) in [5, 5.41) is 0. The van der Waals surface area contributed by atoms with Crippen LogP contribution < -0.4 is 0 Å². The molecule has 0 radical (unpaired) electrons. The second-order valence-corrected chi connectivity index (χ2v) is 4.61. The maximum absolute atomic E-state index is 13.0. The predicted octanol–water partition coefficient (Wildman–Crippen LogP) is 2.54. The Kier molecular flexibility index (Phi) is 3.34. The summed E-state index contributed by atoms with van der Waals surface area (Å²) in [4.78, 5) is 11.7. The average Bonchev–Trinajstić information content (AvgIpc) is 2.63. The maximum atomic E-state index is 13.0. The van der Waals surface area contributed by atoms with Crippen molar-refractivity contribution >= 4 is 5.97 Å². The molecule has 18 heavy (non-hydrogen) atoms. The van der Waals surface area contributed by atoms with Crippen LogP contribution in [0.3, 0.4) is 0 Å². The maximum Gasteiger partial charge on any atom is 0.338 e. The van der Waals surface area contributed by atoms with Gasteiger partial charge >= 0.3 is 5.97 Å². The molecule has 1 aliphatic rings. The third kappa shape index (κ3) is 2.85. The fourth-order valence-corrected chi connectivity index (χ4v) is 1.87. The minimum atomic E-state index is -2.96. The van der Waals surface area contributed by atoms with Gasteiger partial charge in [-0.3, -0.25) is 0 Å². The van der Waals surface area contributed by atoms with Crippen LogP contribution in [-0.2, 0) is 20.9 Å². The van der Waals surface area contributed by atoms with E-state index in [0.29, 0.717) is 0 Å². The highest BCUT2D eigenvalue weighted by Gasteiger charge is 2.53. The number of benzene rings is 1. The minimum Gasteiger partial charge on any atom is -0.459 e. The Balaban J connectivity index is 1.93. The number of rotatable bonds is 3. The lowest BCUT2D eigenvalue weighted by Gasteiger charge is -2.20. The van der Waals surface area contributed by atoms with E-state index in [-0.39, 0.29) is 6.61 Å². The van der Waals surface area contributed by atoms with Crippen LogP contribution in [0.2, 0.25) is 0 Å². The molecule has 1 heterocycles. The number of alkyl halides is 2. The fourth-order valence-electron chi connectivity index (χ4n) is 1.87. The molecule has 1 atom stereocenters. The Morgan fingerprint density at radius 3 is 2.61 bits per heavy atom. The van der Waals surface area contributed by atoms with Gasteiger partial charge in [0.2, 0.25) is 0 Å². The van der Waals surface area contributed by atoms with Gasteiger partial charge in [0.05, 0.1) is 6.42 Å². The second-order valence-electron chi connectivity index (χ2n) is 4.61. The lowest BCUT2D eigenvalue weighted by Crippen LogP contribution is -2.37. The van der Waals surface area contributed by atoms with Crippen LogP contribution in [0.25, 0.3) is 0 Å². The molecule has 98 valence electrons. The van der Waals surface area contributed by atoms with Crippen molar-refractivity contribution in [2.24, 2.45) is 0 Å². The first kappa shape index (κ1) is 13.0. The zero-order chi connectivity index (χ0) is 13.2. The highest BCUT2D eigenvalue weighted by atomic mass is 19.3. The Morgan fingerprint density at radius 2 is 2.06 bits per heavy atom. The van der Waals surface area contributed by atoms with Gasteiger partial charge in [0.25, 0.3) is 5.92 Å². The zero-order valence-corrected chi connectivity index (χ0v) is 9.99. The summed E-state index contributed by atoms with van der Waals surface area (Å²) in [7, 11) is 0. The van der Waals surface area contributed by atoms with Crippen LogP contribution in [0, 0.1) is 0 Å². The molecule has 5 heteroatoms. The van der Waals surface area contributed by atoms with Gasteiger partial charge in [-0.15, -0.1) is 0 Å². The van der Waals surface area contributed by atoms with Gasteiger partial charge in [0.1, 0.15) is 13.2 Å². The summed E-state index contributed by atoms with van der Waals surface area (Å²) in [6.07, 6.45) is -0.631. The first-order valence-electron chi connectivity index (χ1n) is 5.64. The van der Waals surface area contributed by atoms with Crippen molar-refractivity contribution in [2.75, 3.05) is 6.61 Å². The number of halogens is 2. The van der Waals surface area contributed by atoms with Gasteiger partial charge in [-0.2, -0.15) is 0 Å². The van der Waals surface area contributed by atoms with Crippen molar-refractivity contribution in [1.82, 2.24) is 0 Å². The largest absolute Gasteiger partial charge is 0.459 e. The number of carbonyl (C=O) groups excluding carboxylic acids is 1. The number of ether oxygens (including phenoxy) is 2. The Morgan fingerprint density at radius 1 is 1.39 bits per heavy atom. The van der Waals surface area contributed by atoms with Crippen molar-refractivity contribution in [2.45, 2.75) is 31.5 Å². The topological polar surface area (TPSA) is 35.5 Å². The molecule has 2 rings (SSSR count). The number of esters is 1. The van der Waals surface area contributed by atoms with Crippen molar-refractivity contribution < 1.29 is 23.0 Å². The lowest BCUT2D eigenvalue weighted by molar-refractivity contribution is -0.166. The SMILES string of the molecule is C[C@@]1(C(=O)OCc2ccccc2)CC(F)(F)CO1. The predicted molar refractivity (Wildman–Crippen MR) is 60.2 cm³/mol. The highest BCUT2D eigenvalue weighted by molar-refractivity contribution is 5.79. The lowest BCUT2D eigenvalue weighted by atomic mass is 10.0. The molecule has 1 aliphatic heterocycles. The summed E-state index contributed by atoms with van der Waals surface area (Å²) in [5.41, 5.74) is -0.739. The van der Waals surface area contributed by atoms with Crippen molar-refractivity contribution in [3.63, 3.8) is 0 Å².